The first kappa shape index (κ1) is 13.5. The van der Waals surface area contributed by atoms with E-state index in [-0.39, 0.29) is 0 Å². The molecule has 0 saturated heterocycles. The predicted molar refractivity (Wildman–Crippen MR) is 65.8 cm³/mol. The first-order valence-electron chi connectivity index (χ1n) is 5.52. The van der Waals surface area contributed by atoms with Gasteiger partial charge in [0.1, 0.15) is 11.8 Å². The molecule has 1 atom stereocenters. The van der Waals surface area contributed by atoms with Gasteiger partial charge in [0, 0.05) is 5.69 Å². The van der Waals surface area contributed by atoms with Crippen LogP contribution in [0.15, 0.2) is 24.3 Å². The largest absolute Gasteiger partial charge is 0.444 e. The topological polar surface area (TPSA) is 38.3 Å². The molecule has 0 aliphatic heterocycles. The number of anilines is 1. The molecule has 94 valence electrons. The quantitative estimate of drug-likeness (QED) is 0.845. The molecule has 0 fully saturated rings. The van der Waals surface area contributed by atoms with Gasteiger partial charge in [-0.3, -0.25) is 5.32 Å². The Kier molecular flexibility index (Phi) is 4.10. The predicted octanol–water partition coefficient (Wildman–Crippen LogP) is 4.06. The summed E-state index contributed by atoms with van der Waals surface area (Å²) in [4.78, 5) is 11.5. The molecule has 4 heteroatoms. The Morgan fingerprint density at radius 2 is 2.06 bits per heavy atom. The Bertz CT molecular complexity index is 397. The number of nitrogens with one attached hydrogen (secondary N) is 1. The summed E-state index contributed by atoms with van der Waals surface area (Å²) in [6, 6.07) is 6.65. The summed E-state index contributed by atoms with van der Waals surface area (Å²) in [7, 11) is 0. The first-order valence-corrected chi connectivity index (χ1v) is 5.52. The number of carbonyl (C=O) groups excluding carboxylic acids is 1. The minimum atomic E-state index is -1.06. The van der Waals surface area contributed by atoms with Crippen molar-refractivity contribution in [3.8, 4) is 0 Å². The van der Waals surface area contributed by atoms with Crippen LogP contribution < -0.4 is 5.32 Å². The second-order valence-electron chi connectivity index (χ2n) is 4.87. The number of ether oxygens (including phenoxy) is 1. The molecule has 1 amide bonds. The Balaban J connectivity index is 2.69. The van der Waals surface area contributed by atoms with Gasteiger partial charge in [-0.05, 0) is 45.4 Å². The van der Waals surface area contributed by atoms with Gasteiger partial charge < -0.3 is 4.74 Å². The average Bonchev–Trinajstić information content (AvgIpc) is 2.14. The molecule has 0 saturated carbocycles. The van der Waals surface area contributed by atoms with E-state index in [2.05, 4.69) is 5.32 Å². The molecule has 0 aromatic heterocycles. The van der Waals surface area contributed by atoms with Gasteiger partial charge in [-0.15, -0.1) is 0 Å². The number of alkyl halides is 1. The van der Waals surface area contributed by atoms with E-state index in [0.29, 0.717) is 11.3 Å². The van der Waals surface area contributed by atoms with Crippen LogP contribution in [0.1, 0.15) is 39.4 Å². The van der Waals surface area contributed by atoms with Crippen molar-refractivity contribution in [2.45, 2.75) is 39.5 Å². The van der Waals surface area contributed by atoms with Crippen LogP contribution >= 0.6 is 0 Å². The second-order valence-corrected chi connectivity index (χ2v) is 4.87. The lowest BCUT2D eigenvalue weighted by Crippen LogP contribution is -2.27. The molecule has 0 aliphatic rings. The molecule has 1 N–H and O–H groups in total. The zero-order chi connectivity index (χ0) is 13.1. The molecule has 1 unspecified atom stereocenters. The van der Waals surface area contributed by atoms with Crippen LogP contribution in [0.3, 0.4) is 0 Å². The third-order valence-corrected chi connectivity index (χ3v) is 1.99. The molecular weight excluding hydrogens is 221 g/mol. The van der Waals surface area contributed by atoms with Crippen molar-refractivity contribution in [3.63, 3.8) is 0 Å². The van der Waals surface area contributed by atoms with E-state index >= 15 is 0 Å². The average molecular weight is 239 g/mol. The van der Waals surface area contributed by atoms with E-state index in [4.69, 9.17) is 4.74 Å². The number of amides is 1. The summed E-state index contributed by atoms with van der Waals surface area (Å²) >= 11 is 0. The van der Waals surface area contributed by atoms with E-state index in [1.807, 2.05) is 0 Å². The van der Waals surface area contributed by atoms with Crippen LogP contribution in [0.4, 0.5) is 14.9 Å². The smallest absolute Gasteiger partial charge is 0.412 e. The van der Waals surface area contributed by atoms with Crippen LogP contribution in [0.2, 0.25) is 0 Å². The van der Waals surface area contributed by atoms with E-state index < -0.39 is 17.9 Å². The van der Waals surface area contributed by atoms with Crippen molar-refractivity contribution >= 4 is 11.8 Å². The Hall–Kier alpha value is -1.58. The number of hydrogen-bond donors (Lipinski definition) is 1. The zero-order valence-electron chi connectivity index (χ0n) is 10.6. The third kappa shape index (κ3) is 4.85. The summed E-state index contributed by atoms with van der Waals surface area (Å²) in [5, 5.41) is 2.57. The van der Waals surface area contributed by atoms with Crippen LogP contribution in [-0.2, 0) is 4.74 Å². The first-order chi connectivity index (χ1) is 7.78. The lowest BCUT2D eigenvalue weighted by atomic mass is 10.1. The molecule has 0 heterocycles. The van der Waals surface area contributed by atoms with Gasteiger partial charge in [0.15, 0.2) is 0 Å². The molecular formula is C13H18FNO2. The number of carbonyl (C=O) groups is 1. The highest BCUT2D eigenvalue weighted by Crippen LogP contribution is 2.20. The maximum atomic E-state index is 13.1. The summed E-state index contributed by atoms with van der Waals surface area (Å²) < 4.78 is 18.2. The number of hydrogen-bond acceptors (Lipinski definition) is 2. The molecule has 0 bridgehead atoms. The lowest BCUT2D eigenvalue weighted by molar-refractivity contribution is 0.0636. The molecule has 17 heavy (non-hydrogen) atoms. The molecule has 1 aromatic rings. The van der Waals surface area contributed by atoms with Gasteiger partial charge in [0.2, 0.25) is 0 Å². The van der Waals surface area contributed by atoms with Gasteiger partial charge in [0.05, 0.1) is 0 Å². The number of benzene rings is 1. The lowest BCUT2D eigenvalue weighted by Gasteiger charge is -2.19. The summed E-state index contributed by atoms with van der Waals surface area (Å²) in [6.45, 7) is 6.80. The number of rotatable bonds is 2. The number of halogens is 1. The maximum Gasteiger partial charge on any atom is 0.412 e. The van der Waals surface area contributed by atoms with Gasteiger partial charge in [-0.25, -0.2) is 9.18 Å². The monoisotopic (exact) mass is 239 g/mol. The molecule has 0 spiro atoms. The van der Waals surface area contributed by atoms with E-state index in [0.717, 1.165) is 0 Å². The zero-order valence-corrected chi connectivity index (χ0v) is 10.6. The van der Waals surface area contributed by atoms with E-state index in [1.54, 1.807) is 45.0 Å². The van der Waals surface area contributed by atoms with Crippen molar-refractivity contribution in [2.24, 2.45) is 0 Å². The van der Waals surface area contributed by atoms with E-state index in [9.17, 15) is 9.18 Å². The van der Waals surface area contributed by atoms with Crippen molar-refractivity contribution in [1.29, 1.82) is 0 Å². The highest BCUT2D eigenvalue weighted by Gasteiger charge is 2.16. The van der Waals surface area contributed by atoms with Gasteiger partial charge in [-0.2, -0.15) is 0 Å². The summed E-state index contributed by atoms with van der Waals surface area (Å²) in [5.41, 5.74) is 0.509. The fourth-order valence-electron chi connectivity index (χ4n) is 1.29. The molecule has 1 rings (SSSR count). The third-order valence-electron chi connectivity index (χ3n) is 1.99. The molecule has 1 aromatic carbocycles. The molecule has 0 aliphatic carbocycles. The Labute approximate surface area is 101 Å². The van der Waals surface area contributed by atoms with Gasteiger partial charge in [-0.1, -0.05) is 12.1 Å². The SMILES string of the molecule is CC(F)c1cccc(NC(=O)OC(C)(C)C)c1. The fraction of sp³-hybridized carbons (Fsp3) is 0.462. The van der Waals surface area contributed by atoms with Gasteiger partial charge in [0.25, 0.3) is 0 Å². The highest BCUT2D eigenvalue weighted by molar-refractivity contribution is 5.84. The Morgan fingerprint density at radius 1 is 1.41 bits per heavy atom. The second kappa shape index (κ2) is 5.17. The van der Waals surface area contributed by atoms with Crippen LogP contribution in [-0.4, -0.2) is 11.7 Å². The molecule has 0 radical (unpaired) electrons. The Morgan fingerprint density at radius 3 is 2.59 bits per heavy atom. The minimum absolute atomic E-state index is 0.526. The van der Waals surface area contributed by atoms with Crippen LogP contribution in [0.5, 0.6) is 0 Å². The van der Waals surface area contributed by atoms with Crippen molar-refractivity contribution in [2.75, 3.05) is 5.32 Å². The van der Waals surface area contributed by atoms with Crippen LogP contribution in [0, 0.1) is 0 Å². The fourth-order valence-corrected chi connectivity index (χ4v) is 1.29. The summed E-state index contributed by atoms with van der Waals surface area (Å²) in [6.07, 6.45) is -1.60. The normalized spacial score (nSPS) is 13.0. The molecule has 3 nitrogen and oxygen atoms in total. The minimum Gasteiger partial charge on any atom is -0.444 e. The maximum absolute atomic E-state index is 13.1. The van der Waals surface area contributed by atoms with Crippen molar-refractivity contribution in [3.05, 3.63) is 29.8 Å². The van der Waals surface area contributed by atoms with Crippen molar-refractivity contribution < 1.29 is 13.9 Å². The van der Waals surface area contributed by atoms with E-state index in [1.165, 1.54) is 6.92 Å². The summed E-state index contributed by atoms with van der Waals surface area (Å²) in [5.74, 6) is 0. The standard InChI is InChI=1S/C13H18FNO2/c1-9(14)10-6-5-7-11(8-10)15-12(16)17-13(2,3)4/h5-9H,1-4H3,(H,15,16). The van der Waals surface area contributed by atoms with Crippen molar-refractivity contribution in [1.82, 2.24) is 0 Å². The highest BCUT2D eigenvalue weighted by atomic mass is 19.1. The van der Waals surface area contributed by atoms with Gasteiger partial charge >= 0.3 is 6.09 Å². The van der Waals surface area contributed by atoms with Crippen LogP contribution in [0.25, 0.3) is 0 Å².